The van der Waals surface area contributed by atoms with E-state index in [1.165, 1.54) is 24.3 Å². The van der Waals surface area contributed by atoms with Gasteiger partial charge < -0.3 is 10.1 Å². The SMILES string of the molecule is O=C(NCc1cccc(OCc2ccc(C(F)(F)F)cc2)c1)[C@@H]1CCCN1S(=O)(=O)c1cccc(F)c1. The second-order valence-electron chi connectivity index (χ2n) is 8.58. The highest BCUT2D eigenvalue weighted by Gasteiger charge is 2.39. The quantitative estimate of drug-likeness (QED) is 0.416. The summed E-state index contributed by atoms with van der Waals surface area (Å²) >= 11 is 0. The maximum Gasteiger partial charge on any atom is 0.416 e. The molecule has 4 rings (SSSR count). The van der Waals surface area contributed by atoms with Crippen LogP contribution in [-0.4, -0.2) is 31.2 Å². The first-order valence-corrected chi connectivity index (χ1v) is 12.9. The highest BCUT2D eigenvalue weighted by Crippen LogP contribution is 2.29. The third-order valence-electron chi connectivity index (χ3n) is 5.96. The predicted molar refractivity (Wildman–Crippen MR) is 127 cm³/mol. The second-order valence-corrected chi connectivity index (χ2v) is 10.5. The largest absolute Gasteiger partial charge is 0.489 e. The van der Waals surface area contributed by atoms with E-state index in [1.807, 2.05) is 0 Å². The zero-order valence-electron chi connectivity index (χ0n) is 19.5. The Morgan fingerprint density at radius 2 is 1.73 bits per heavy atom. The Labute approximate surface area is 211 Å². The van der Waals surface area contributed by atoms with Crippen molar-refractivity contribution in [2.75, 3.05) is 6.54 Å². The second kappa shape index (κ2) is 10.9. The lowest BCUT2D eigenvalue weighted by atomic mass is 10.1. The van der Waals surface area contributed by atoms with Crippen LogP contribution in [0.4, 0.5) is 17.6 Å². The molecule has 1 saturated heterocycles. The molecule has 6 nitrogen and oxygen atoms in total. The van der Waals surface area contributed by atoms with Crippen molar-refractivity contribution < 1.29 is 35.5 Å². The van der Waals surface area contributed by atoms with E-state index < -0.39 is 39.5 Å². The van der Waals surface area contributed by atoms with Gasteiger partial charge in [0.05, 0.1) is 10.5 Å². The number of carbonyl (C=O) groups excluding carboxylic acids is 1. The number of carbonyl (C=O) groups is 1. The van der Waals surface area contributed by atoms with Gasteiger partial charge in [-0.25, -0.2) is 12.8 Å². The minimum atomic E-state index is -4.41. The Bertz CT molecular complexity index is 1360. The van der Waals surface area contributed by atoms with Gasteiger partial charge in [-0.2, -0.15) is 17.5 Å². The third kappa shape index (κ3) is 6.47. The number of sulfonamides is 1. The summed E-state index contributed by atoms with van der Waals surface area (Å²) in [4.78, 5) is 12.7. The lowest BCUT2D eigenvalue weighted by Crippen LogP contribution is -2.45. The Morgan fingerprint density at radius 1 is 1.00 bits per heavy atom. The normalized spacial score (nSPS) is 16.5. The molecular formula is C26H24F4N2O4S. The van der Waals surface area contributed by atoms with Gasteiger partial charge >= 0.3 is 6.18 Å². The highest BCUT2D eigenvalue weighted by molar-refractivity contribution is 7.89. The van der Waals surface area contributed by atoms with Crippen LogP contribution in [0.15, 0.2) is 77.7 Å². The molecule has 196 valence electrons. The fourth-order valence-electron chi connectivity index (χ4n) is 4.06. The van der Waals surface area contributed by atoms with Gasteiger partial charge in [0, 0.05) is 13.1 Å². The minimum Gasteiger partial charge on any atom is -0.489 e. The summed E-state index contributed by atoms with van der Waals surface area (Å²) in [7, 11) is -4.04. The van der Waals surface area contributed by atoms with Crippen LogP contribution in [-0.2, 0) is 34.1 Å². The van der Waals surface area contributed by atoms with Gasteiger partial charge in [0.2, 0.25) is 15.9 Å². The molecule has 0 spiro atoms. The van der Waals surface area contributed by atoms with Crippen molar-refractivity contribution in [2.45, 2.75) is 43.1 Å². The number of ether oxygens (including phenoxy) is 1. The molecule has 0 aromatic heterocycles. The molecular weight excluding hydrogens is 512 g/mol. The minimum absolute atomic E-state index is 0.0585. The predicted octanol–water partition coefficient (Wildman–Crippen LogP) is 4.89. The lowest BCUT2D eigenvalue weighted by molar-refractivity contribution is -0.137. The van der Waals surface area contributed by atoms with E-state index in [0.717, 1.165) is 28.6 Å². The number of halogens is 4. The summed E-state index contributed by atoms with van der Waals surface area (Å²) in [5.41, 5.74) is 0.516. The van der Waals surface area contributed by atoms with Crippen LogP contribution < -0.4 is 10.1 Å². The fourth-order valence-corrected chi connectivity index (χ4v) is 5.75. The Kier molecular flexibility index (Phi) is 7.84. The van der Waals surface area contributed by atoms with Crippen molar-refractivity contribution in [2.24, 2.45) is 0 Å². The number of nitrogens with one attached hydrogen (secondary N) is 1. The number of hydrogen-bond donors (Lipinski definition) is 1. The fraction of sp³-hybridized carbons (Fsp3) is 0.269. The van der Waals surface area contributed by atoms with Crippen LogP contribution in [0.3, 0.4) is 0 Å². The van der Waals surface area contributed by atoms with Crippen molar-refractivity contribution in [1.29, 1.82) is 0 Å². The standard InChI is InChI=1S/C26H24F4N2O4S/c27-21-5-2-7-23(15-21)37(34,35)32-13-3-8-24(32)25(33)31-16-19-4-1-6-22(14-19)36-17-18-9-11-20(12-10-18)26(28,29)30/h1-2,4-7,9-12,14-15,24H,3,8,13,16-17H2,(H,31,33)/t24-/m0/s1. The van der Waals surface area contributed by atoms with Crippen molar-refractivity contribution in [1.82, 2.24) is 9.62 Å². The van der Waals surface area contributed by atoms with Gasteiger partial charge in [-0.15, -0.1) is 0 Å². The number of alkyl halides is 3. The van der Waals surface area contributed by atoms with Crippen LogP contribution in [0.5, 0.6) is 5.75 Å². The molecule has 1 heterocycles. The van der Waals surface area contributed by atoms with Crippen LogP contribution >= 0.6 is 0 Å². The molecule has 0 saturated carbocycles. The molecule has 1 aliphatic heterocycles. The van der Waals surface area contributed by atoms with Crippen LogP contribution in [0.1, 0.15) is 29.5 Å². The van der Waals surface area contributed by atoms with E-state index in [9.17, 15) is 30.8 Å². The van der Waals surface area contributed by atoms with Crippen LogP contribution in [0, 0.1) is 5.82 Å². The monoisotopic (exact) mass is 536 g/mol. The number of amides is 1. The zero-order valence-corrected chi connectivity index (χ0v) is 20.4. The van der Waals surface area contributed by atoms with Crippen molar-refractivity contribution in [3.8, 4) is 5.75 Å². The van der Waals surface area contributed by atoms with Crippen molar-refractivity contribution in [3.63, 3.8) is 0 Å². The number of rotatable bonds is 8. The van der Waals surface area contributed by atoms with Gasteiger partial charge in [-0.1, -0.05) is 30.3 Å². The topological polar surface area (TPSA) is 75.7 Å². The summed E-state index contributed by atoms with van der Waals surface area (Å²) in [5, 5.41) is 2.75. The molecule has 1 aliphatic rings. The average molecular weight is 537 g/mol. The summed E-state index contributed by atoms with van der Waals surface area (Å²) in [6, 6.07) is 15.3. The molecule has 0 unspecified atom stereocenters. The summed E-state index contributed by atoms with van der Waals surface area (Å²) in [5.74, 6) is -0.682. The smallest absolute Gasteiger partial charge is 0.416 e. The summed E-state index contributed by atoms with van der Waals surface area (Å²) in [6.45, 7) is 0.327. The number of benzene rings is 3. The maximum absolute atomic E-state index is 13.6. The molecule has 1 atom stereocenters. The van der Waals surface area contributed by atoms with Crippen LogP contribution in [0.2, 0.25) is 0 Å². The van der Waals surface area contributed by atoms with E-state index in [4.69, 9.17) is 4.74 Å². The molecule has 0 bridgehead atoms. The molecule has 1 fully saturated rings. The summed E-state index contributed by atoms with van der Waals surface area (Å²) in [6.07, 6.45) is -3.56. The Hall–Kier alpha value is -3.44. The van der Waals surface area contributed by atoms with E-state index in [-0.39, 0.29) is 24.6 Å². The van der Waals surface area contributed by atoms with Crippen molar-refractivity contribution in [3.05, 3.63) is 95.3 Å². The number of nitrogens with zero attached hydrogens (tertiary/aromatic N) is 1. The molecule has 0 aliphatic carbocycles. The highest BCUT2D eigenvalue weighted by atomic mass is 32.2. The molecule has 11 heteroatoms. The van der Waals surface area contributed by atoms with Gasteiger partial charge in [-0.05, 0) is 66.4 Å². The maximum atomic E-state index is 13.6. The summed E-state index contributed by atoms with van der Waals surface area (Å²) < 4.78 is 84.4. The number of hydrogen-bond acceptors (Lipinski definition) is 4. The first kappa shape index (κ1) is 26.6. The molecule has 0 radical (unpaired) electrons. The average Bonchev–Trinajstić information content (AvgIpc) is 3.37. The van der Waals surface area contributed by atoms with Gasteiger partial charge in [0.1, 0.15) is 24.2 Å². The van der Waals surface area contributed by atoms with E-state index in [2.05, 4.69) is 5.32 Å². The van der Waals surface area contributed by atoms with E-state index in [1.54, 1.807) is 24.3 Å². The van der Waals surface area contributed by atoms with Gasteiger partial charge in [0.25, 0.3) is 0 Å². The van der Waals surface area contributed by atoms with E-state index >= 15 is 0 Å². The van der Waals surface area contributed by atoms with Gasteiger partial charge in [0.15, 0.2) is 0 Å². The van der Waals surface area contributed by atoms with Crippen LogP contribution in [0.25, 0.3) is 0 Å². The molecule has 37 heavy (non-hydrogen) atoms. The van der Waals surface area contributed by atoms with Gasteiger partial charge in [-0.3, -0.25) is 4.79 Å². The first-order valence-electron chi connectivity index (χ1n) is 11.5. The molecule has 3 aromatic carbocycles. The first-order chi connectivity index (χ1) is 17.5. The Balaban J connectivity index is 1.35. The van der Waals surface area contributed by atoms with E-state index in [0.29, 0.717) is 29.7 Å². The molecule has 1 N–H and O–H groups in total. The Morgan fingerprint density at radius 3 is 2.43 bits per heavy atom. The molecule has 1 amide bonds. The van der Waals surface area contributed by atoms with Crippen molar-refractivity contribution >= 4 is 15.9 Å². The zero-order chi connectivity index (χ0) is 26.6. The lowest BCUT2D eigenvalue weighted by Gasteiger charge is -2.23. The third-order valence-corrected chi connectivity index (χ3v) is 7.87. The molecule has 3 aromatic rings.